The van der Waals surface area contributed by atoms with Crippen LogP contribution in [0.3, 0.4) is 0 Å². The van der Waals surface area contributed by atoms with Crippen LogP contribution >= 0.6 is 22.6 Å². The Morgan fingerprint density at radius 1 is 1.04 bits per heavy atom. The van der Waals surface area contributed by atoms with Crippen molar-refractivity contribution in [1.29, 1.82) is 0 Å². The van der Waals surface area contributed by atoms with Crippen molar-refractivity contribution >= 4 is 22.6 Å². The largest absolute Gasteiger partial charge is 0.319 e. The van der Waals surface area contributed by atoms with Gasteiger partial charge in [-0.2, -0.15) is 5.10 Å². The van der Waals surface area contributed by atoms with Crippen LogP contribution in [0, 0.1) is 6.92 Å². The first-order valence-corrected chi connectivity index (χ1v) is 9.65. The van der Waals surface area contributed by atoms with E-state index in [0.717, 1.165) is 22.2 Å². The van der Waals surface area contributed by atoms with Crippen molar-refractivity contribution < 1.29 is 0 Å². The number of aromatic amines is 1. The smallest absolute Gasteiger partial charge is 0.0568 e. The normalized spacial score (nSPS) is 12.3. The fourth-order valence-corrected chi connectivity index (χ4v) is 3.52. The van der Waals surface area contributed by atoms with Gasteiger partial charge in [0, 0.05) is 28.1 Å². The van der Waals surface area contributed by atoms with Crippen LogP contribution in [0.1, 0.15) is 28.3 Å². The van der Waals surface area contributed by atoms with Crippen molar-refractivity contribution in [2.45, 2.75) is 17.3 Å². The first-order chi connectivity index (χ1) is 11.7. The van der Waals surface area contributed by atoms with Crippen molar-refractivity contribution in [3.63, 3.8) is 0 Å². The van der Waals surface area contributed by atoms with Crippen molar-refractivity contribution in [2.24, 2.45) is 0 Å². The molecule has 2 N–H and O–H groups in total. The number of likely N-dealkylation sites (N-methyl/N-ethyl adjacent to an activating group) is 1. The van der Waals surface area contributed by atoms with Crippen LogP contribution in [-0.4, -0.2) is 23.8 Å². The number of benzene rings is 2. The first-order valence-electron chi connectivity index (χ1n) is 8.12. The Hall–Kier alpha value is -1.66. The van der Waals surface area contributed by atoms with E-state index in [-0.39, 0.29) is 0 Å². The number of rotatable bonds is 6. The standard InChI is InChI=1S/C20H22IN3/c1-14-19(13-23-24-14)16-7-9-18(10-8-16)20(12-22-2)17-5-3-15(11-21)4-6-17/h3-10,13,20,22H,11-12H2,1-2H3,(H,23,24). The Bertz CT molecular complexity index is 775. The van der Waals surface area contributed by atoms with Crippen LogP contribution in [0.4, 0.5) is 0 Å². The molecule has 0 amide bonds. The summed E-state index contributed by atoms with van der Waals surface area (Å²) in [4.78, 5) is 0. The number of hydrogen-bond acceptors (Lipinski definition) is 2. The number of halogens is 1. The lowest BCUT2D eigenvalue weighted by Gasteiger charge is -2.18. The third-order valence-electron chi connectivity index (χ3n) is 4.40. The molecular formula is C20H22IN3. The number of aromatic nitrogens is 2. The third-order valence-corrected chi connectivity index (χ3v) is 5.28. The number of aryl methyl sites for hydroxylation is 1. The Morgan fingerprint density at radius 2 is 1.67 bits per heavy atom. The Morgan fingerprint density at radius 3 is 2.17 bits per heavy atom. The SMILES string of the molecule is CNCC(c1ccc(CI)cc1)c1ccc(-c2cn[nH]c2C)cc1. The molecule has 3 nitrogen and oxygen atoms in total. The van der Waals surface area contributed by atoms with Crippen molar-refractivity contribution in [2.75, 3.05) is 13.6 Å². The molecule has 0 aliphatic heterocycles. The van der Waals surface area contributed by atoms with Gasteiger partial charge in [-0.05, 0) is 36.2 Å². The lowest BCUT2D eigenvalue weighted by atomic mass is 9.89. The van der Waals surface area contributed by atoms with E-state index in [0.29, 0.717) is 5.92 Å². The van der Waals surface area contributed by atoms with Crippen LogP contribution in [0.5, 0.6) is 0 Å². The van der Waals surface area contributed by atoms with E-state index in [1.807, 2.05) is 13.2 Å². The Balaban J connectivity index is 1.89. The molecule has 0 aliphatic carbocycles. The number of nitrogens with one attached hydrogen (secondary N) is 2. The van der Waals surface area contributed by atoms with E-state index in [2.05, 4.69) is 93.6 Å². The first kappa shape index (κ1) is 17.2. The van der Waals surface area contributed by atoms with Gasteiger partial charge in [-0.3, -0.25) is 5.10 Å². The van der Waals surface area contributed by atoms with Crippen LogP contribution in [0.15, 0.2) is 54.7 Å². The number of hydrogen-bond donors (Lipinski definition) is 2. The summed E-state index contributed by atoms with van der Waals surface area (Å²) in [5.74, 6) is 0.359. The zero-order valence-corrected chi connectivity index (χ0v) is 16.2. The molecule has 0 fully saturated rings. The molecule has 4 heteroatoms. The van der Waals surface area contributed by atoms with Crippen LogP contribution in [0.2, 0.25) is 0 Å². The molecule has 0 radical (unpaired) electrons. The molecule has 124 valence electrons. The van der Waals surface area contributed by atoms with Crippen molar-refractivity contribution in [3.8, 4) is 11.1 Å². The molecule has 2 aromatic carbocycles. The second kappa shape index (κ2) is 7.94. The summed E-state index contributed by atoms with van der Waals surface area (Å²) >= 11 is 2.40. The van der Waals surface area contributed by atoms with Gasteiger partial charge >= 0.3 is 0 Å². The molecule has 1 aromatic heterocycles. The quantitative estimate of drug-likeness (QED) is 0.440. The Labute approximate surface area is 157 Å². The van der Waals surface area contributed by atoms with Gasteiger partial charge in [0.15, 0.2) is 0 Å². The van der Waals surface area contributed by atoms with E-state index in [1.54, 1.807) is 0 Å². The zero-order valence-electron chi connectivity index (χ0n) is 14.0. The molecular weight excluding hydrogens is 409 g/mol. The number of H-pyrrole nitrogens is 1. The molecule has 0 bridgehead atoms. The van der Waals surface area contributed by atoms with Gasteiger partial charge in [0.1, 0.15) is 0 Å². The van der Waals surface area contributed by atoms with Gasteiger partial charge < -0.3 is 5.32 Å². The topological polar surface area (TPSA) is 40.7 Å². The van der Waals surface area contributed by atoms with Crippen LogP contribution in [0.25, 0.3) is 11.1 Å². The lowest BCUT2D eigenvalue weighted by molar-refractivity contribution is 0.708. The minimum atomic E-state index is 0.359. The molecule has 0 saturated heterocycles. The van der Waals surface area contributed by atoms with Gasteiger partial charge in [0.05, 0.1) is 6.20 Å². The predicted molar refractivity (Wildman–Crippen MR) is 109 cm³/mol. The lowest BCUT2D eigenvalue weighted by Crippen LogP contribution is -2.18. The van der Waals surface area contributed by atoms with E-state index in [4.69, 9.17) is 0 Å². The highest BCUT2D eigenvalue weighted by molar-refractivity contribution is 14.1. The van der Waals surface area contributed by atoms with Crippen LogP contribution < -0.4 is 5.32 Å². The number of nitrogens with zero attached hydrogens (tertiary/aromatic N) is 1. The summed E-state index contributed by atoms with van der Waals surface area (Å²) in [5, 5.41) is 10.4. The van der Waals surface area contributed by atoms with Gasteiger partial charge in [0.2, 0.25) is 0 Å². The average molecular weight is 431 g/mol. The summed E-state index contributed by atoms with van der Waals surface area (Å²) in [7, 11) is 2.01. The minimum Gasteiger partial charge on any atom is -0.319 e. The molecule has 0 aliphatic rings. The van der Waals surface area contributed by atoms with Crippen molar-refractivity contribution in [1.82, 2.24) is 15.5 Å². The molecule has 0 spiro atoms. The number of alkyl halides is 1. The average Bonchev–Trinajstić information content (AvgIpc) is 3.06. The van der Waals surface area contributed by atoms with Crippen LogP contribution in [-0.2, 0) is 4.43 Å². The summed E-state index contributed by atoms with van der Waals surface area (Å²) < 4.78 is 1.05. The van der Waals surface area contributed by atoms with Gasteiger partial charge in [-0.15, -0.1) is 0 Å². The van der Waals surface area contributed by atoms with Gasteiger partial charge in [0.25, 0.3) is 0 Å². The highest BCUT2D eigenvalue weighted by atomic mass is 127. The highest BCUT2D eigenvalue weighted by Crippen LogP contribution is 2.28. The molecule has 1 heterocycles. The van der Waals surface area contributed by atoms with E-state index >= 15 is 0 Å². The zero-order chi connectivity index (χ0) is 16.9. The molecule has 1 unspecified atom stereocenters. The van der Waals surface area contributed by atoms with Crippen molar-refractivity contribution in [3.05, 3.63) is 77.1 Å². The predicted octanol–water partition coefficient (Wildman–Crippen LogP) is 4.67. The molecule has 3 rings (SSSR count). The Kier molecular flexibility index (Phi) is 5.68. The third kappa shape index (κ3) is 3.70. The summed E-state index contributed by atoms with van der Waals surface area (Å²) in [5.41, 5.74) is 7.52. The molecule has 24 heavy (non-hydrogen) atoms. The molecule has 3 aromatic rings. The van der Waals surface area contributed by atoms with Gasteiger partial charge in [-0.1, -0.05) is 71.1 Å². The highest BCUT2D eigenvalue weighted by Gasteiger charge is 2.14. The molecule has 0 saturated carbocycles. The fraction of sp³-hybridized carbons (Fsp3) is 0.250. The summed E-state index contributed by atoms with van der Waals surface area (Å²) in [6.07, 6.45) is 1.89. The maximum Gasteiger partial charge on any atom is 0.0568 e. The van der Waals surface area contributed by atoms with E-state index < -0.39 is 0 Å². The summed E-state index contributed by atoms with van der Waals surface area (Å²) in [6.45, 7) is 2.97. The molecule has 1 atom stereocenters. The van der Waals surface area contributed by atoms with E-state index in [1.165, 1.54) is 22.3 Å². The maximum atomic E-state index is 4.11. The van der Waals surface area contributed by atoms with E-state index in [9.17, 15) is 0 Å². The fourth-order valence-electron chi connectivity index (χ4n) is 3.01. The summed E-state index contributed by atoms with van der Waals surface area (Å²) in [6, 6.07) is 17.8. The second-order valence-corrected chi connectivity index (χ2v) is 6.78. The maximum absolute atomic E-state index is 4.11. The monoisotopic (exact) mass is 431 g/mol. The minimum absolute atomic E-state index is 0.359. The second-order valence-electron chi connectivity index (χ2n) is 6.02. The van der Waals surface area contributed by atoms with Gasteiger partial charge in [-0.25, -0.2) is 0 Å².